The Morgan fingerprint density at radius 1 is 1.38 bits per heavy atom. The number of likely N-dealkylation sites (tertiary alicyclic amines) is 2. The van der Waals surface area contributed by atoms with Gasteiger partial charge in [0.25, 0.3) is 0 Å². The number of nitrogens with zero attached hydrogens (tertiary/aromatic N) is 2. The maximum atomic E-state index is 9.27. The van der Waals surface area contributed by atoms with Gasteiger partial charge < -0.3 is 14.9 Å². The number of hydrogen-bond acceptors (Lipinski definition) is 3. The average Bonchev–Trinajstić information content (AvgIpc) is 2.30. The zero-order chi connectivity index (χ0) is 9.47. The van der Waals surface area contributed by atoms with Crippen LogP contribution in [0.3, 0.4) is 0 Å². The molecule has 1 N–H and O–H groups in total. The fourth-order valence-electron chi connectivity index (χ4n) is 2.91. The topological polar surface area (TPSA) is 26.7 Å². The lowest BCUT2D eigenvalue weighted by atomic mass is 9.79. The summed E-state index contributed by atoms with van der Waals surface area (Å²) in [5.41, 5.74) is 0.587. The van der Waals surface area contributed by atoms with Gasteiger partial charge in [-0.25, -0.2) is 0 Å². The van der Waals surface area contributed by atoms with Crippen LogP contribution in [0, 0.1) is 5.41 Å². The smallest absolute Gasteiger partial charge is 0.0639 e. The van der Waals surface area contributed by atoms with Gasteiger partial charge in [-0.3, -0.25) is 0 Å². The minimum atomic E-state index is -0.173. The van der Waals surface area contributed by atoms with E-state index in [0.29, 0.717) is 5.41 Å². The van der Waals surface area contributed by atoms with Gasteiger partial charge in [-0.2, -0.15) is 0 Å². The van der Waals surface area contributed by atoms with Crippen LogP contribution in [-0.4, -0.2) is 60.8 Å². The van der Waals surface area contributed by atoms with Gasteiger partial charge in [0.2, 0.25) is 0 Å². The predicted octanol–water partition coefficient (Wildman–Crippen LogP) is 0.00470. The quantitative estimate of drug-likeness (QED) is 0.654. The molecule has 3 nitrogen and oxygen atoms in total. The van der Waals surface area contributed by atoms with Crippen molar-refractivity contribution in [3.05, 3.63) is 0 Å². The van der Waals surface area contributed by atoms with Crippen molar-refractivity contribution in [1.29, 1.82) is 0 Å². The molecule has 1 atom stereocenters. The lowest BCUT2D eigenvalue weighted by Gasteiger charge is -2.46. The van der Waals surface area contributed by atoms with Crippen molar-refractivity contribution in [2.45, 2.75) is 19.4 Å². The van der Waals surface area contributed by atoms with Crippen LogP contribution in [0.1, 0.15) is 13.3 Å². The summed E-state index contributed by atoms with van der Waals surface area (Å²) in [5, 5.41) is 9.27. The maximum Gasteiger partial charge on any atom is 0.0639 e. The highest BCUT2D eigenvalue weighted by Crippen LogP contribution is 2.38. The summed E-state index contributed by atoms with van der Waals surface area (Å²) in [6, 6.07) is 0. The molecule has 0 radical (unpaired) electrons. The fraction of sp³-hybridized carbons (Fsp3) is 1.00. The van der Waals surface area contributed by atoms with Crippen LogP contribution in [0.2, 0.25) is 0 Å². The molecule has 0 aromatic rings. The number of hydrogen-bond donors (Lipinski definition) is 1. The summed E-state index contributed by atoms with van der Waals surface area (Å²) in [5.74, 6) is 0. The molecule has 2 fully saturated rings. The Bertz CT molecular complexity index is 187. The molecule has 0 aromatic carbocycles. The Hall–Kier alpha value is -0.120. The number of rotatable bonds is 2. The summed E-state index contributed by atoms with van der Waals surface area (Å²) >= 11 is 0. The number of β-amino-alcohol motifs (C(OH)–C–C–N with tert-alkyl or cyclic N) is 1. The summed E-state index contributed by atoms with van der Waals surface area (Å²) in [7, 11) is 2.18. The molecule has 2 rings (SSSR count). The normalized spacial score (nSPS) is 30.7. The number of aliphatic hydroxyl groups is 1. The third-order valence-corrected chi connectivity index (χ3v) is 3.25. The molecular formula is C10H20N2O. The molecule has 76 valence electrons. The largest absolute Gasteiger partial charge is 0.392 e. The second-order valence-corrected chi connectivity index (χ2v) is 5.01. The number of aliphatic hydroxyl groups excluding tert-OH is 1. The molecule has 3 heteroatoms. The highest BCUT2D eigenvalue weighted by Gasteiger charge is 2.45. The molecule has 0 unspecified atom stereocenters. The predicted molar refractivity (Wildman–Crippen MR) is 52.7 cm³/mol. The zero-order valence-electron chi connectivity index (χ0n) is 8.66. The lowest BCUT2D eigenvalue weighted by Crippen LogP contribution is -2.55. The summed E-state index contributed by atoms with van der Waals surface area (Å²) in [6.07, 6.45) is 1.15. The van der Waals surface area contributed by atoms with Gasteiger partial charge >= 0.3 is 0 Å². The molecule has 2 heterocycles. The first kappa shape index (κ1) is 9.44. The van der Waals surface area contributed by atoms with Gasteiger partial charge in [0.15, 0.2) is 0 Å². The van der Waals surface area contributed by atoms with E-state index in [0.717, 1.165) is 6.54 Å². The first-order chi connectivity index (χ1) is 6.10. The van der Waals surface area contributed by atoms with Crippen LogP contribution in [0.4, 0.5) is 0 Å². The molecule has 13 heavy (non-hydrogen) atoms. The average molecular weight is 184 g/mol. The zero-order valence-corrected chi connectivity index (χ0v) is 8.66. The van der Waals surface area contributed by atoms with E-state index in [1.807, 2.05) is 6.92 Å². The van der Waals surface area contributed by atoms with Gasteiger partial charge in [-0.15, -0.1) is 0 Å². The van der Waals surface area contributed by atoms with Crippen molar-refractivity contribution >= 4 is 0 Å². The SMILES string of the molecule is C[C@@H](O)CN1CCC2(CN(C)C2)C1. The highest BCUT2D eigenvalue weighted by atomic mass is 16.3. The van der Waals surface area contributed by atoms with Gasteiger partial charge in [-0.1, -0.05) is 0 Å². The fourth-order valence-corrected chi connectivity index (χ4v) is 2.91. The Morgan fingerprint density at radius 3 is 2.62 bits per heavy atom. The molecule has 0 aromatic heterocycles. The second kappa shape index (κ2) is 3.23. The third-order valence-electron chi connectivity index (χ3n) is 3.25. The Kier molecular flexibility index (Phi) is 2.34. The van der Waals surface area contributed by atoms with Crippen molar-refractivity contribution < 1.29 is 5.11 Å². The Labute approximate surface area is 80.3 Å². The molecular weight excluding hydrogens is 164 g/mol. The molecule has 0 aliphatic carbocycles. The van der Waals surface area contributed by atoms with Crippen molar-refractivity contribution in [2.75, 3.05) is 39.8 Å². The van der Waals surface area contributed by atoms with Crippen molar-refractivity contribution in [3.63, 3.8) is 0 Å². The van der Waals surface area contributed by atoms with Crippen LogP contribution in [0.5, 0.6) is 0 Å². The van der Waals surface area contributed by atoms with Crippen LogP contribution >= 0.6 is 0 Å². The molecule has 0 saturated carbocycles. The molecule has 1 spiro atoms. The third kappa shape index (κ3) is 1.87. The van der Waals surface area contributed by atoms with Crippen LogP contribution in [-0.2, 0) is 0 Å². The minimum Gasteiger partial charge on any atom is -0.392 e. The lowest BCUT2D eigenvalue weighted by molar-refractivity contribution is 0.0265. The van der Waals surface area contributed by atoms with E-state index in [-0.39, 0.29) is 6.10 Å². The van der Waals surface area contributed by atoms with Gasteiger partial charge in [-0.05, 0) is 26.9 Å². The van der Waals surface area contributed by atoms with E-state index in [2.05, 4.69) is 16.8 Å². The van der Waals surface area contributed by atoms with Crippen LogP contribution in [0.15, 0.2) is 0 Å². The van der Waals surface area contributed by atoms with E-state index in [1.54, 1.807) is 0 Å². The first-order valence-electron chi connectivity index (χ1n) is 5.19. The molecule has 0 amide bonds. The summed E-state index contributed by atoms with van der Waals surface area (Å²) in [6.45, 7) is 7.61. The van der Waals surface area contributed by atoms with Gasteiger partial charge in [0.1, 0.15) is 0 Å². The Balaban J connectivity index is 1.81. The van der Waals surface area contributed by atoms with Crippen molar-refractivity contribution in [3.8, 4) is 0 Å². The highest BCUT2D eigenvalue weighted by molar-refractivity contribution is 5.00. The molecule has 2 aliphatic rings. The first-order valence-corrected chi connectivity index (χ1v) is 5.19. The van der Waals surface area contributed by atoms with E-state index in [1.165, 1.54) is 32.6 Å². The van der Waals surface area contributed by atoms with Crippen molar-refractivity contribution in [1.82, 2.24) is 9.80 Å². The van der Waals surface area contributed by atoms with E-state index >= 15 is 0 Å². The Morgan fingerprint density at radius 2 is 2.08 bits per heavy atom. The monoisotopic (exact) mass is 184 g/mol. The minimum absolute atomic E-state index is 0.173. The van der Waals surface area contributed by atoms with Crippen LogP contribution in [0.25, 0.3) is 0 Å². The van der Waals surface area contributed by atoms with Crippen molar-refractivity contribution in [2.24, 2.45) is 5.41 Å². The standard InChI is InChI=1S/C10H20N2O/c1-9(13)5-12-4-3-10(8-12)6-11(2)7-10/h9,13H,3-8H2,1-2H3/t9-/m1/s1. The van der Waals surface area contributed by atoms with Crippen LogP contribution < -0.4 is 0 Å². The molecule has 0 bridgehead atoms. The summed E-state index contributed by atoms with van der Waals surface area (Å²) in [4.78, 5) is 4.78. The van der Waals surface area contributed by atoms with E-state index in [9.17, 15) is 5.11 Å². The second-order valence-electron chi connectivity index (χ2n) is 5.01. The summed E-state index contributed by atoms with van der Waals surface area (Å²) < 4.78 is 0. The molecule has 2 aliphatic heterocycles. The molecule has 2 saturated heterocycles. The maximum absolute atomic E-state index is 9.27. The van der Waals surface area contributed by atoms with Gasteiger partial charge in [0, 0.05) is 31.6 Å². The van der Waals surface area contributed by atoms with E-state index < -0.39 is 0 Å². The van der Waals surface area contributed by atoms with Gasteiger partial charge in [0.05, 0.1) is 6.10 Å². The van der Waals surface area contributed by atoms with E-state index in [4.69, 9.17) is 0 Å².